The van der Waals surface area contributed by atoms with Crippen LogP contribution in [0.2, 0.25) is 0 Å². The van der Waals surface area contributed by atoms with Crippen LogP contribution in [0, 0.1) is 12.7 Å². The van der Waals surface area contributed by atoms with E-state index in [9.17, 15) is 14.0 Å². The van der Waals surface area contributed by atoms with Gasteiger partial charge < -0.3 is 27.4 Å². The Kier molecular flexibility index (Phi) is 7.17. The summed E-state index contributed by atoms with van der Waals surface area (Å²) in [6.07, 6.45) is 3.59. The van der Waals surface area contributed by atoms with Gasteiger partial charge in [-0.3, -0.25) is 9.59 Å². The molecule has 0 aliphatic carbocycles. The first-order valence-corrected chi connectivity index (χ1v) is 9.28. The van der Waals surface area contributed by atoms with Gasteiger partial charge in [-0.15, -0.1) is 0 Å². The van der Waals surface area contributed by atoms with E-state index >= 15 is 0 Å². The number of nitrogens with two attached hydrogens (primary N) is 2. The zero-order chi connectivity index (χ0) is 20.8. The Morgan fingerprint density at radius 3 is 2.57 bits per heavy atom. The molecule has 152 valence electrons. The predicted molar refractivity (Wildman–Crippen MR) is 108 cm³/mol. The van der Waals surface area contributed by atoms with Gasteiger partial charge in [-0.25, -0.2) is 4.39 Å². The van der Waals surface area contributed by atoms with Crippen molar-refractivity contribution in [3.05, 3.63) is 52.5 Å². The quantitative estimate of drug-likeness (QED) is 0.350. The second-order valence-electron chi connectivity index (χ2n) is 6.99. The molecule has 28 heavy (non-hydrogen) atoms. The lowest BCUT2D eigenvalue weighted by molar-refractivity contribution is -0.118. The van der Waals surface area contributed by atoms with Gasteiger partial charge in [-0.05, 0) is 50.1 Å². The molecule has 1 saturated heterocycles. The molecule has 1 aliphatic rings. The Morgan fingerprint density at radius 1 is 1.32 bits per heavy atom. The molecule has 1 aliphatic heterocycles. The highest BCUT2D eigenvalue weighted by Crippen LogP contribution is 2.21. The van der Waals surface area contributed by atoms with Gasteiger partial charge >= 0.3 is 0 Å². The van der Waals surface area contributed by atoms with Gasteiger partial charge in [-0.1, -0.05) is 6.92 Å². The van der Waals surface area contributed by atoms with E-state index in [0.29, 0.717) is 24.2 Å². The summed E-state index contributed by atoms with van der Waals surface area (Å²) in [5.41, 5.74) is 12.9. The average molecular weight is 389 g/mol. The Morgan fingerprint density at radius 2 is 2.00 bits per heavy atom. The fraction of sp³-hybridized carbons (Fsp3) is 0.400. The van der Waals surface area contributed by atoms with Crippen LogP contribution in [0.15, 0.2) is 30.0 Å². The van der Waals surface area contributed by atoms with E-state index in [0.717, 1.165) is 6.42 Å². The van der Waals surface area contributed by atoms with Gasteiger partial charge in [0.05, 0.1) is 11.7 Å². The molecule has 1 aromatic carbocycles. The van der Waals surface area contributed by atoms with Crippen molar-refractivity contribution in [2.75, 3.05) is 13.1 Å². The van der Waals surface area contributed by atoms with E-state index in [4.69, 9.17) is 11.5 Å². The maximum absolute atomic E-state index is 14.3. The minimum absolute atomic E-state index is 0.00169. The molecule has 2 rings (SSSR count). The molecule has 8 heteroatoms. The SMILES string of the molecule is CCC(C)NC(=O)/C(N)=C/C=C(\N)c1cc(C(=O)NC2CNC2)cc(F)c1C. The number of hydrogen-bond donors (Lipinski definition) is 5. The predicted octanol–water partition coefficient (Wildman–Crippen LogP) is 0.893. The standard InChI is InChI=1S/C20H28FN5O2/c1-4-11(2)25-20(28)18(23)6-5-17(22)15-7-13(8-16(21)12(15)3)19(27)26-14-9-24-10-14/h5-8,11,14,24H,4,9-10,22-23H2,1-3H3,(H,25,28)(H,26,27)/b17-5-,18-6-. The minimum Gasteiger partial charge on any atom is -0.398 e. The highest BCUT2D eigenvalue weighted by Gasteiger charge is 2.21. The fourth-order valence-electron chi connectivity index (χ4n) is 2.52. The molecule has 0 radical (unpaired) electrons. The number of carbonyl (C=O) groups excluding carboxylic acids is 2. The number of benzene rings is 1. The first-order chi connectivity index (χ1) is 13.2. The molecule has 1 aromatic rings. The van der Waals surface area contributed by atoms with Gasteiger partial charge in [0.1, 0.15) is 5.82 Å². The third-order valence-corrected chi connectivity index (χ3v) is 4.73. The van der Waals surface area contributed by atoms with E-state index in [1.54, 1.807) is 6.92 Å². The number of rotatable bonds is 7. The van der Waals surface area contributed by atoms with Gasteiger partial charge in [0.15, 0.2) is 0 Å². The maximum Gasteiger partial charge on any atom is 0.267 e. The average Bonchev–Trinajstić information content (AvgIpc) is 2.63. The molecule has 0 aromatic heterocycles. The van der Waals surface area contributed by atoms with E-state index < -0.39 is 11.7 Å². The third-order valence-electron chi connectivity index (χ3n) is 4.73. The summed E-state index contributed by atoms with van der Waals surface area (Å²) in [7, 11) is 0. The van der Waals surface area contributed by atoms with Crippen LogP contribution in [-0.4, -0.2) is 37.0 Å². The molecule has 0 saturated carbocycles. The monoisotopic (exact) mass is 389 g/mol. The largest absolute Gasteiger partial charge is 0.398 e. The Balaban J connectivity index is 2.22. The lowest BCUT2D eigenvalue weighted by Crippen LogP contribution is -2.56. The number of halogens is 1. The number of amides is 2. The molecule has 0 bridgehead atoms. The summed E-state index contributed by atoms with van der Waals surface area (Å²) in [6, 6.07) is 2.77. The van der Waals surface area contributed by atoms with Gasteiger partial charge in [0.25, 0.3) is 11.8 Å². The Labute approximate surface area is 164 Å². The molecule has 1 unspecified atom stereocenters. The molecule has 1 atom stereocenters. The molecule has 1 fully saturated rings. The molecule has 7 N–H and O–H groups in total. The van der Waals surface area contributed by atoms with Gasteiger partial charge in [0.2, 0.25) is 0 Å². The number of nitrogens with one attached hydrogen (secondary N) is 3. The van der Waals surface area contributed by atoms with Crippen molar-refractivity contribution < 1.29 is 14.0 Å². The second-order valence-corrected chi connectivity index (χ2v) is 6.99. The van der Waals surface area contributed by atoms with E-state index in [2.05, 4.69) is 16.0 Å². The summed E-state index contributed by atoms with van der Waals surface area (Å²) in [4.78, 5) is 24.3. The summed E-state index contributed by atoms with van der Waals surface area (Å²) in [5, 5.41) is 8.62. The Bertz CT molecular complexity index is 815. The molecule has 0 spiro atoms. The topological polar surface area (TPSA) is 122 Å². The zero-order valence-electron chi connectivity index (χ0n) is 16.4. The number of hydrogen-bond acceptors (Lipinski definition) is 5. The lowest BCUT2D eigenvalue weighted by Gasteiger charge is -2.28. The maximum atomic E-state index is 14.3. The van der Waals surface area contributed by atoms with Crippen LogP contribution in [0.4, 0.5) is 4.39 Å². The smallest absolute Gasteiger partial charge is 0.267 e. The van der Waals surface area contributed by atoms with E-state index in [1.807, 2.05) is 13.8 Å². The van der Waals surface area contributed by atoms with Crippen LogP contribution in [0.3, 0.4) is 0 Å². The van der Waals surface area contributed by atoms with E-state index in [-0.39, 0.29) is 34.9 Å². The van der Waals surface area contributed by atoms with Crippen molar-refractivity contribution in [1.29, 1.82) is 0 Å². The van der Waals surface area contributed by atoms with Crippen molar-refractivity contribution in [1.82, 2.24) is 16.0 Å². The molecular weight excluding hydrogens is 361 g/mol. The summed E-state index contributed by atoms with van der Waals surface area (Å²) in [6.45, 7) is 6.78. The van der Waals surface area contributed by atoms with Crippen molar-refractivity contribution in [3.8, 4) is 0 Å². The zero-order valence-corrected chi connectivity index (χ0v) is 16.4. The molecular formula is C20H28FN5O2. The summed E-state index contributed by atoms with van der Waals surface area (Å²) < 4.78 is 14.3. The fourth-order valence-corrected chi connectivity index (χ4v) is 2.52. The highest BCUT2D eigenvalue weighted by molar-refractivity contribution is 5.96. The van der Waals surface area contributed by atoms with Gasteiger partial charge in [-0.2, -0.15) is 0 Å². The third kappa shape index (κ3) is 5.32. The van der Waals surface area contributed by atoms with Crippen LogP contribution in [0.5, 0.6) is 0 Å². The minimum atomic E-state index is -0.530. The summed E-state index contributed by atoms with van der Waals surface area (Å²) in [5.74, 6) is -1.29. The molecule has 2 amide bonds. The Hall–Kier alpha value is -2.87. The van der Waals surface area contributed by atoms with Gasteiger partial charge in [0, 0.05) is 36.0 Å². The molecule has 7 nitrogen and oxygen atoms in total. The number of carbonyl (C=O) groups is 2. The summed E-state index contributed by atoms with van der Waals surface area (Å²) >= 11 is 0. The van der Waals surface area contributed by atoms with Crippen molar-refractivity contribution in [2.24, 2.45) is 11.5 Å². The van der Waals surface area contributed by atoms with Crippen molar-refractivity contribution in [3.63, 3.8) is 0 Å². The lowest BCUT2D eigenvalue weighted by atomic mass is 10.0. The molecule has 1 heterocycles. The first-order valence-electron chi connectivity index (χ1n) is 9.28. The van der Waals surface area contributed by atoms with Crippen molar-refractivity contribution in [2.45, 2.75) is 39.3 Å². The normalized spacial score (nSPS) is 16.3. The van der Waals surface area contributed by atoms with Crippen LogP contribution >= 0.6 is 0 Å². The first kappa shape index (κ1) is 21.4. The van der Waals surface area contributed by atoms with Crippen LogP contribution in [-0.2, 0) is 4.79 Å². The van der Waals surface area contributed by atoms with Crippen LogP contribution in [0.1, 0.15) is 41.8 Å². The van der Waals surface area contributed by atoms with Crippen LogP contribution < -0.4 is 27.4 Å². The second kappa shape index (κ2) is 9.36. The highest BCUT2D eigenvalue weighted by atomic mass is 19.1. The number of allylic oxidation sites excluding steroid dienone is 2. The van der Waals surface area contributed by atoms with Crippen molar-refractivity contribution >= 4 is 17.5 Å². The van der Waals surface area contributed by atoms with Crippen LogP contribution in [0.25, 0.3) is 5.70 Å². The van der Waals surface area contributed by atoms with E-state index in [1.165, 1.54) is 24.3 Å².